The monoisotopic (exact) mass is 498 g/mol. The maximum Gasteiger partial charge on any atom is 0.244 e. The predicted octanol–water partition coefficient (Wildman–Crippen LogP) is 5.89. The molecule has 5 rings (SSSR count). The zero-order valence-electron chi connectivity index (χ0n) is 18.2. The minimum absolute atomic E-state index is 0.151. The zero-order chi connectivity index (χ0) is 23.2. The second kappa shape index (κ2) is 8.72. The Morgan fingerprint density at radius 3 is 2.55 bits per heavy atom. The largest absolute Gasteiger partial charge is 0.495 e. The molecule has 0 fully saturated rings. The van der Waals surface area contributed by atoms with Crippen LogP contribution in [0.15, 0.2) is 76.5 Å². The highest BCUT2D eigenvalue weighted by atomic mass is 35.5. The van der Waals surface area contributed by atoms with Gasteiger partial charge in [0.1, 0.15) is 5.75 Å². The summed E-state index contributed by atoms with van der Waals surface area (Å²) in [5, 5.41) is 1.41. The Morgan fingerprint density at radius 1 is 1.09 bits per heavy atom. The Bertz CT molecular complexity index is 1430. The number of sulfonamides is 1. The molecular weight excluding hydrogens is 476 g/mol. The van der Waals surface area contributed by atoms with Crippen molar-refractivity contribution in [3.63, 3.8) is 0 Å². The number of aromatic nitrogens is 1. The number of halogens is 1. The van der Waals surface area contributed by atoms with Crippen LogP contribution in [0.3, 0.4) is 0 Å². The van der Waals surface area contributed by atoms with Crippen molar-refractivity contribution in [2.45, 2.75) is 22.3 Å². The zero-order valence-corrected chi connectivity index (χ0v) is 20.6. The number of H-pyrrole nitrogens is 1. The van der Waals surface area contributed by atoms with E-state index in [1.54, 1.807) is 28.2 Å². The maximum absolute atomic E-state index is 13.9. The molecule has 5 nitrogen and oxygen atoms in total. The average molecular weight is 499 g/mol. The van der Waals surface area contributed by atoms with Crippen LogP contribution in [-0.2, 0) is 16.4 Å². The predicted molar refractivity (Wildman–Crippen MR) is 134 cm³/mol. The summed E-state index contributed by atoms with van der Waals surface area (Å²) in [6, 6.07) is 20.4. The molecule has 1 aliphatic heterocycles. The number of para-hydroxylation sites is 1. The molecule has 1 aromatic heterocycles. The van der Waals surface area contributed by atoms with E-state index in [1.807, 2.05) is 48.7 Å². The van der Waals surface area contributed by atoms with Crippen LogP contribution < -0.4 is 4.74 Å². The molecule has 1 aliphatic rings. The molecule has 0 saturated heterocycles. The maximum atomic E-state index is 13.9. The Balaban J connectivity index is 1.67. The van der Waals surface area contributed by atoms with E-state index >= 15 is 0 Å². The fraction of sp³-hybridized carbons (Fsp3) is 0.200. The van der Waals surface area contributed by atoms with Crippen LogP contribution in [0.1, 0.15) is 22.9 Å². The number of nitrogens with one attached hydrogen (secondary N) is 1. The Morgan fingerprint density at radius 2 is 1.85 bits per heavy atom. The van der Waals surface area contributed by atoms with Gasteiger partial charge < -0.3 is 9.72 Å². The number of thioether (sulfide) groups is 1. The standard InChI is InChI=1S/C25H23ClN2O3S2/c1-31-23-12-11-18(15-21(23)26)33(29,30)28-14-13-20-19-5-3-4-6-22(19)27-24(20)25(28)16-7-9-17(32-2)10-8-16/h3-12,15,25,27H,13-14H2,1-2H3. The number of fused-ring (bicyclic) bond motifs is 3. The molecule has 1 unspecified atom stereocenters. The van der Waals surface area contributed by atoms with E-state index in [-0.39, 0.29) is 9.92 Å². The van der Waals surface area contributed by atoms with Crippen LogP contribution in [0.2, 0.25) is 5.02 Å². The first-order valence-electron chi connectivity index (χ1n) is 10.5. The number of rotatable bonds is 5. The van der Waals surface area contributed by atoms with E-state index in [0.29, 0.717) is 18.7 Å². The first kappa shape index (κ1) is 22.3. The topological polar surface area (TPSA) is 62.4 Å². The van der Waals surface area contributed by atoms with Crippen LogP contribution >= 0.6 is 23.4 Å². The Hall–Kier alpha value is -2.45. The van der Waals surface area contributed by atoms with E-state index < -0.39 is 16.1 Å². The molecular formula is C25H23ClN2O3S2. The highest BCUT2D eigenvalue weighted by Crippen LogP contribution is 2.42. The lowest BCUT2D eigenvalue weighted by molar-refractivity contribution is 0.340. The molecule has 0 bridgehead atoms. The van der Waals surface area contributed by atoms with Gasteiger partial charge >= 0.3 is 0 Å². The van der Waals surface area contributed by atoms with E-state index in [1.165, 1.54) is 18.7 Å². The van der Waals surface area contributed by atoms with Crippen molar-refractivity contribution in [3.8, 4) is 5.75 Å². The number of aromatic amines is 1. The molecule has 170 valence electrons. The van der Waals surface area contributed by atoms with Gasteiger partial charge in [0.05, 0.1) is 23.1 Å². The van der Waals surface area contributed by atoms with Gasteiger partial charge in [0.2, 0.25) is 10.0 Å². The summed E-state index contributed by atoms with van der Waals surface area (Å²) in [5.74, 6) is 0.441. The summed E-state index contributed by atoms with van der Waals surface area (Å²) < 4.78 is 34.5. The summed E-state index contributed by atoms with van der Waals surface area (Å²) in [6.45, 7) is 0.371. The Kier molecular flexibility index (Phi) is 5.91. The molecule has 0 saturated carbocycles. The molecule has 3 aromatic carbocycles. The van der Waals surface area contributed by atoms with Crippen LogP contribution in [-0.4, -0.2) is 37.6 Å². The minimum atomic E-state index is -3.83. The minimum Gasteiger partial charge on any atom is -0.495 e. The van der Waals surface area contributed by atoms with Gasteiger partial charge in [-0.25, -0.2) is 8.42 Å². The van der Waals surface area contributed by atoms with Gasteiger partial charge in [-0.2, -0.15) is 4.31 Å². The molecule has 8 heteroatoms. The number of benzene rings is 3. The highest BCUT2D eigenvalue weighted by molar-refractivity contribution is 7.98. The number of methoxy groups -OCH3 is 1. The van der Waals surface area contributed by atoms with Gasteiger partial charge in [-0.05, 0) is 60.2 Å². The molecule has 0 amide bonds. The van der Waals surface area contributed by atoms with Crippen molar-refractivity contribution in [2.75, 3.05) is 19.9 Å². The lowest BCUT2D eigenvalue weighted by Gasteiger charge is -2.35. The number of ether oxygens (including phenoxy) is 1. The van der Waals surface area contributed by atoms with E-state index in [2.05, 4.69) is 11.1 Å². The van der Waals surface area contributed by atoms with Crippen LogP contribution in [0, 0.1) is 0 Å². The number of hydrogen-bond acceptors (Lipinski definition) is 4. The summed E-state index contributed by atoms with van der Waals surface area (Å²) in [4.78, 5) is 4.80. The van der Waals surface area contributed by atoms with E-state index in [0.717, 1.165) is 27.1 Å². The van der Waals surface area contributed by atoms with E-state index in [4.69, 9.17) is 16.3 Å². The average Bonchev–Trinajstić information content (AvgIpc) is 3.22. The molecule has 0 spiro atoms. The van der Waals surface area contributed by atoms with Crippen LogP contribution in [0.25, 0.3) is 10.9 Å². The normalized spacial score (nSPS) is 16.6. The van der Waals surface area contributed by atoms with Crippen molar-refractivity contribution in [3.05, 3.63) is 88.6 Å². The summed E-state index contributed by atoms with van der Waals surface area (Å²) >= 11 is 7.93. The summed E-state index contributed by atoms with van der Waals surface area (Å²) in [7, 11) is -2.33. The van der Waals surface area contributed by atoms with Gasteiger partial charge in [-0.1, -0.05) is 41.9 Å². The summed E-state index contributed by atoms with van der Waals surface area (Å²) in [6.07, 6.45) is 2.65. The lowest BCUT2D eigenvalue weighted by Crippen LogP contribution is -2.40. The number of hydrogen-bond donors (Lipinski definition) is 1. The van der Waals surface area contributed by atoms with Gasteiger partial charge in [-0.3, -0.25) is 0 Å². The van der Waals surface area contributed by atoms with Gasteiger partial charge in [0.15, 0.2) is 0 Å². The molecule has 0 aliphatic carbocycles. The quantitative estimate of drug-likeness (QED) is 0.348. The third-order valence-corrected chi connectivity index (χ3v) is 9.05. The SMILES string of the molecule is COc1ccc(S(=O)(=O)N2CCc3c([nH]c4ccccc34)C2c2ccc(SC)cc2)cc1Cl. The van der Waals surface area contributed by atoms with Crippen LogP contribution in [0.5, 0.6) is 5.75 Å². The van der Waals surface area contributed by atoms with Gasteiger partial charge in [-0.15, -0.1) is 11.8 Å². The smallest absolute Gasteiger partial charge is 0.244 e. The van der Waals surface area contributed by atoms with Crippen LogP contribution in [0.4, 0.5) is 0 Å². The number of nitrogens with zero attached hydrogens (tertiary/aromatic N) is 1. The van der Waals surface area contributed by atoms with Crippen molar-refractivity contribution < 1.29 is 13.2 Å². The fourth-order valence-electron chi connectivity index (χ4n) is 4.54. The molecule has 1 N–H and O–H groups in total. The molecule has 2 heterocycles. The lowest BCUT2D eigenvalue weighted by atomic mass is 9.94. The first-order chi connectivity index (χ1) is 15.9. The molecule has 1 atom stereocenters. The third kappa shape index (κ3) is 3.83. The molecule has 4 aromatic rings. The molecule has 33 heavy (non-hydrogen) atoms. The first-order valence-corrected chi connectivity index (χ1v) is 13.6. The third-order valence-electron chi connectivity index (χ3n) is 6.15. The molecule has 0 radical (unpaired) electrons. The van der Waals surface area contributed by atoms with Crippen molar-refractivity contribution >= 4 is 44.3 Å². The fourth-order valence-corrected chi connectivity index (χ4v) is 6.88. The second-order valence-electron chi connectivity index (χ2n) is 7.90. The highest BCUT2D eigenvalue weighted by Gasteiger charge is 2.39. The summed E-state index contributed by atoms with van der Waals surface area (Å²) in [5.41, 5.74) is 4.02. The van der Waals surface area contributed by atoms with Gasteiger partial charge in [0, 0.05) is 28.0 Å². The Labute approximate surface area is 202 Å². The van der Waals surface area contributed by atoms with E-state index in [9.17, 15) is 8.42 Å². The van der Waals surface area contributed by atoms with Crippen molar-refractivity contribution in [1.29, 1.82) is 0 Å². The van der Waals surface area contributed by atoms with Crippen molar-refractivity contribution in [1.82, 2.24) is 9.29 Å². The van der Waals surface area contributed by atoms with Gasteiger partial charge in [0.25, 0.3) is 0 Å². The second-order valence-corrected chi connectivity index (χ2v) is 11.1. The van der Waals surface area contributed by atoms with Crippen molar-refractivity contribution in [2.24, 2.45) is 0 Å².